The van der Waals surface area contributed by atoms with Gasteiger partial charge >= 0.3 is 0 Å². The van der Waals surface area contributed by atoms with E-state index in [9.17, 15) is 4.79 Å². The quantitative estimate of drug-likeness (QED) is 0.667. The summed E-state index contributed by atoms with van der Waals surface area (Å²) in [6.45, 7) is 0. The first kappa shape index (κ1) is 12.4. The summed E-state index contributed by atoms with van der Waals surface area (Å²) in [7, 11) is 0. The van der Waals surface area contributed by atoms with Crippen LogP contribution in [0.15, 0.2) is 71.9 Å². The minimum Gasteiger partial charge on any atom is -0.411 e. The molecule has 3 heteroatoms. The lowest BCUT2D eigenvalue weighted by Gasteiger charge is -2.15. The Morgan fingerprint density at radius 1 is 0.900 bits per heavy atom. The van der Waals surface area contributed by atoms with Crippen LogP contribution in [0.1, 0.15) is 17.0 Å². The zero-order valence-corrected chi connectivity index (χ0v) is 10.7. The number of carbonyl (C=O) groups excluding carboxylic acids is 1. The average Bonchev–Trinajstić information content (AvgIpc) is 2.85. The Hall–Kier alpha value is -2.68. The van der Waals surface area contributed by atoms with E-state index in [0.717, 1.165) is 16.7 Å². The number of hydrogen-bond acceptors (Lipinski definition) is 3. The summed E-state index contributed by atoms with van der Waals surface area (Å²) < 4.78 is 0. The van der Waals surface area contributed by atoms with Crippen molar-refractivity contribution in [3.8, 4) is 0 Å². The summed E-state index contributed by atoms with van der Waals surface area (Å²) in [6, 6.07) is 19.3. The Bertz CT molecular complexity index is 687. The fraction of sp³-hybridized carbons (Fsp3) is 0.0588. The third-order valence-corrected chi connectivity index (χ3v) is 3.47. The molecule has 1 aliphatic carbocycles. The molecule has 2 aromatic carbocycles. The SMILES string of the molecule is O=C1C=C(c2ccccc2)C(c2ccccc2)C1=NO. The molecule has 1 atom stereocenters. The predicted octanol–water partition coefficient (Wildman–Crippen LogP) is 3.27. The third-order valence-electron chi connectivity index (χ3n) is 3.47. The Morgan fingerprint density at radius 3 is 2.10 bits per heavy atom. The standard InChI is InChI=1S/C17H13NO2/c19-15-11-14(12-7-3-1-4-8-12)16(17(15)18-20)13-9-5-2-6-10-13/h1-11,16,20H. The van der Waals surface area contributed by atoms with Gasteiger partial charge in [-0.05, 0) is 22.8 Å². The van der Waals surface area contributed by atoms with Gasteiger partial charge in [0, 0.05) is 0 Å². The molecular formula is C17H13NO2. The Kier molecular flexibility index (Phi) is 3.17. The fourth-order valence-electron chi connectivity index (χ4n) is 2.56. The van der Waals surface area contributed by atoms with E-state index >= 15 is 0 Å². The first-order valence-electron chi connectivity index (χ1n) is 6.39. The van der Waals surface area contributed by atoms with Crippen LogP contribution >= 0.6 is 0 Å². The van der Waals surface area contributed by atoms with Crippen molar-refractivity contribution >= 4 is 17.1 Å². The van der Waals surface area contributed by atoms with E-state index in [0.29, 0.717) is 0 Å². The van der Waals surface area contributed by atoms with Gasteiger partial charge in [-0.15, -0.1) is 0 Å². The van der Waals surface area contributed by atoms with Crippen LogP contribution < -0.4 is 0 Å². The number of carbonyl (C=O) groups is 1. The highest BCUT2D eigenvalue weighted by Crippen LogP contribution is 2.38. The third kappa shape index (κ3) is 2.03. The molecule has 1 N–H and O–H groups in total. The van der Waals surface area contributed by atoms with Gasteiger partial charge < -0.3 is 5.21 Å². The maximum absolute atomic E-state index is 12.0. The van der Waals surface area contributed by atoms with E-state index in [4.69, 9.17) is 5.21 Å². The number of rotatable bonds is 2. The molecule has 0 aromatic heterocycles. The van der Waals surface area contributed by atoms with Crippen molar-refractivity contribution in [2.75, 3.05) is 0 Å². The van der Waals surface area contributed by atoms with Crippen molar-refractivity contribution in [2.24, 2.45) is 5.16 Å². The molecule has 1 unspecified atom stereocenters. The van der Waals surface area contributed by atoms with Gasteiger partial charge in [0.2, 0.25) is 5.78 Å². The summed E-state index contributed by atoms with van der Waals surface area (Å²) in [5.74, 6) is -0.545. The van der Waals surface area contributed by atoms with Crippen molar-refractivity contribution in [1.82, 2.24) is 0 Å². The average molecular weight is 263 g/mol. The minimum absolute atomic E-state index is 0.176. The van der Waals surface area contributed by atoms with E-state index in [2.05, 4.69) is 5.16 Å². The molecule has 20 heavy (non-hydrogen) atoms. The monoisotopic (exact) mass is 263 g/mol. The summed E-state index contributed by atoms with van der Waals surface area (Å²) in [5.41, 5.74) is 2.96. The number of ketones is 1. The van der Waals surface area contributed by atoms with Crippen molar-refractivity contribution in [1.29, 1.82) is 0 Å². The van der Waals surface area contributed by atoms with Gasteiger partial charge in [0.25, 0.3) is 0 Å². The van der Waals surface area contributed by atoms with Crippen molar-refractivity contribution in [3.05, 3.63) is 77.9 Å². The topological polar surface area (TPSA) is 49.7 Å². The van der Waals surface area contributed by atoms with Crippen LogP contribution in [0, 0.1) is 0 Å². The molecule has 0 bridgehead atoms. The predicted molar refractivity (Wildman–Crippen MR) is 77.8 cm³/mol. The van der Waals surface area contributed by atoms with Crippen molar-refractivity contribution in [3.63, 3.8) is 0 Å². The van der Waals surface area contributed by atoms with Crippen LogP contribution in [0.2, 0.25) is 0 Å². The number of nitrogens with zero attached hydrogens (tertiary/aromatic N) is 1. The highest BCUT2D eigenvalue weighted by molar-refractivity contribution is 6.52. The van der Waals surface area contributed by atoms with Gasteiger partial charge in [-0.3, -0.25) is 4.79 Å². The van der Waals surface area contributed by atoms with Gasteiger partial charge in [-0.2, -0.15) is 0 Å². The smallest absolute Gasteiger partial charge is 0.204 e. The van der Waals surface area contributed by atoms with Crippen molar-refractivity contribution < 1.29 is 10.0 Å². The lowest BCUT2D eigenvalue weighted by atomic mass is 9.87. The second-order valence-corrected chi connectivity index (χ2v) is 4.66. The van der Waals surface area contributed by atoms with Crippen LogP contribution in [0.25, 0.3) is 5.57 Å². The van der Waals surface area contributed by atoms with Crippen LogP contribution in [-0.2, 0) is 4.79 Å². The normalized spacial score (nSPS) is 20.2. The zero-order chi connectivity index (χ0) is 13.9. The maximum Gasteiger partial charge on any atom is 0.204 e. The molecule has 2 aromatic rings. The van der Waals surface area contributed by atoms with E-state index in [1.54, 1.807) is 6.08 Å². The lowest BCUT2D eigenvalue weighted by molar-refractivity contribution is -0.108. The lowest BCUT2D eigenvalue weighted by Crippen LogP contribution is -2.15. The Balaban J connectivity index is 2.13. The van der Waals surface area contributed by atoms with Crippen LogP contribution in [0.5, 0.6) is 0 Å². The summed E-state index contributed by atoms with van der Waals surface area (Å²) in [5, 5.41) is 12.4. The molecule has 0 heterocycles. The number of allylic oxidation sites excluding steroid dienone is 2. The van der Waals surface area contributed by atoms with E-state index < -0.39 is 0 Å². The first-order valence-corrected chi connectivity index (χ1v) is 6.39. The maximum atomic E-state index is 12.0. The van der Waals surface area contributed by atoms with Crippen molar-refractivity contribution in [2.45, 2.75) is 5.92 Å². The Labute approximate surface area is 116 Å². The molecule has 0 spiro atoms. The molecule has 0 aliphatic heterocycles. The van der Waals surface area contributed by atoms with Crippen LogP contribution in [-0.4, -0.2) is 16.7 Å². The number of benzene rings is 2. The number of oxime groups is 1. The van der Waals surface area contributed by atoms with E-state index in [1.165, 1.54) is 0 Å². The molecule has 3 rings (SSSR count). The second kappa shape index (κ2) is 5.13. The first-order chi connectivity index (χ1) is 9.81. The zero-order valence-electron chi connectivity index (χ0n) is 10.7. The largest absolute Gasteiger partial charge is 0.411 e. The molecule has 1 aliphatic rings. The second-order valence-electron chi connectivity index (χ2n) is 4.66. The van der Waals surface area contributed by atoms with Gasteiger partial charge in [0.15, 0.2) is 0 Å². The van der Waals surface area contributed by atoms with E-state index in [1.807, 2.05) is 60.7 Å². The van der Waals surface area contributed by atoms with E-state index in [-0.39, 0.29) is 17.4 Å². The summed E-state index contributed by atoms with van der Waals surface area (Å²) in [4.78, 5) is 12.0. The van der Waals surface area contributed by atoms with Gasteiger partial charge in [0.1, 0.15) is 5.71 Å². The van der Waals surface area contributed by atoms with Gasteiger partial charge in [0.05, 0.1) is 5.92 Å². The molecule has 3 nitrogen and oxygen atoms in total. The fourth-order valence-corrected chi connectivity index (χ4v) is 2.56. The number of hydrogen-bond donors (Lipinski definition) is 1. The molecule has 0 saturated carbocycles. The summed E-state index contributed by atoms with van der Waals surface area (Å²) in [6.07, 6.45) is 1.56. The molecule has 0 radical (unpaired) electrons. The van der Waals surface area contributed by atoms with Crippen LogP contribution in [0.3, 0.4) is 0 Å². The minimum atomic E-state index is -0.309. The Morgan fingerprint density at radius 2 is 1.50 bits per heavy atom. The molecular weight excluding hydrogens is 250 g/mol. The van der Waals surface area contributed by atoms with Gasteiger partial charge in [-0.1, -0.05) is 65.8 Å². The molecule has 0 saturated heterocycles. The van der Waals surface area contributed by atoms with Crippen LogP contribution in [0.4, 0.5) is 0 Å². The summed E-state index contributed by atoms with van der Waals surface area (Å²) >= 11 is 0. The molecule has 98 valence electrons. The molecule has 0 amide bonds. The highest BCUT2D eigenvalue weighted by atomic mass is 16.4. The highest BCUT2D eigenvalue weighted by Gasteiger charge is 2.34. The van der Waals surface area contributed by atoms with Gasteiger partial charge in [-0.25, -0.2) is 0 Å². The molecule has 0 fully saturated rings.